The summed E-state index contributed by atoms with van der Waals surface area (Å²) in [5, 5.41) is 23.7. The Balaban J connectivity index is 1.79. The Kier molecular flexibility index (Phi) is 8.45. The van der Waals surface area contributed by atoms with E-state index < -0.39 is 16.6 Å². The number of nitrogens with one attached hydrogen (secondary N) is 1. The highest BCUT2D eigenvalue weighted by atomic mass is 19.1. The van der Waals surface area contributed by atoms with Crippen molar-refractivity contribution in [2.45, 2.75) is 13.0 Å². The molecule has 182 valence electrons. The zero-order valence-electron chi connectivity index (χ0n) is 19.2. The maximum atomic E-state index is 14.0. The summed E-state index contributed by atoms with van der Waals surface area (Å²) >= 11 is 0. The average Bonchev–Trinajstić information content (AvgIpc) is 2.87. The predicted octanol–water partition coefficient (Wildman–Crippen LogP) is 4.69. The van der Waals surface area contributed by atoms with Crippen LogP contribution in [0.1, 0.15) is 32.6 Å². The lowest BCUT2D eigenvalue weighted by Crippen LogP contribution is -2.19. The fraction of sp³-hybridized carbons (Fsp3) is 0.115. The zero-order chi connectivity index (χ0) is 26.1. The third-order valence-corrected chi connectivity index (χ3v) is 4.97. The van der Waals surface area contributed by atoms with Crippen molar-refractivity contribution in [3.8, 4) is 17.6 Å². The number of benzene rings is 3. The molecule has 0 bridgehead atoms. The van der Waals surface area contributed by atoms with Crippen LogP contribution in [0.4, 0.5) is 10.1 Å². The number of non-ortho nitro benzene ring substituents is 1. The summed E-state index contributed by atoms with van der Waals surface area (Å²) in [6.45, 7) is 3.82. The maximum absolute atomic E-state index is 14.0. The number of halogens is 1. The molecule has 0 saturated heterocycles. The summed E-state index contributed by atoms with van der Waals surface area (Å²) in [7, 11) is 1.46. The highest BCUT2D eigenvalue weighted by Crippen LogP contribution is 2.34. The molecule has 9 nitrogen and oxygen atoms in total. The molecule has 0 unspecified atom stereocenters. The van der Waals surface area contributed by atoms with E-state index in [1.807, 2.05) is 0 Å². The minimum atomic E-state index is -0.832. The van der Waals surface area contributed by atoms with Crippen molar-refractivity contribution in [3.05, 3.63) is 111 Å². The van der Waals surface area contributed by atoms with E-state index in [1.54, 1.807) is 36.4 Å². The van der Waals surface area contributed by atoms with Gasteiger partial charge in [-0.25, -0.2) is 9.82 Å². The number of methoxy groups -OCH3 is 1. The van der Waals surface area contributed by atoms with Gasteiger partial charge in [0.15, 0.2) is 11.5 Å². The monoisotopic (exact) mass is 488 g/mol. The second-order valence-electron chi connectivity index (χ2n) is 7.43. The van der Waals surface area contributed by atoms with Gasteiger partial charge < -0.3 is 9.47 Å². The van der Waals surface area contributed by atoms with Crippen LogP contribution in [0.5, 0.6) is 11.5 Å². The van der Waals surface area contributed by atoms with Crippen LogP contribution in [-0.4, -0.2) is 24.2 Å². The fourth-order valence-corrected chi connectivity index (χ4v) is 3.29. The van der Waals surface area contributed by atoms with E-state index in [1.165, 1.54) is 37.6 Å². The van der Waals surface area contributed by atoms with E-state index in [-0.39, 0.29) is 23.4 Å². The van der Waals surface area contributed by atoms with Gasteiger partial charge in [0.2, 0.25) is 0 Å². The number of amides is 1. The molecule has 0 heterocycles. The van der Waals surface area contributed by atoms with Crippen LogP contribution in [0.15, 0.2) is 72.4 Å². The Morgan fingerprint density at radius 2 is 2.08 bits per heavy atom. The molecule has 3 aromatic carbocycles. The largest absolute Gasteiger partial charge is 0.493 e. The third kappa shape index (κ3) is 6.30. The molecular formula is C26H21FN4O5. The number of nitrogens with zero attached hydrogens (tertiary/aromatic N) is 3. The van der Waals surface area contributed by atoms with Crippen molar-refractivity contribution in [2.75, 3.05) is 7.11 Å². The smallest absolute Gasteiger partial charge is 0.274 e. The van der Waals surface area contributed by atoms with Gasteiger partial charge in [-0.15, -0.1) is 6.58 Å². The Bertz CT molecular complexity index is 1380. The molecule has 0 aliphatic rings. The summed E-state index contributed by atoms with van der Waals surface area (Å²) in [4.78, 5) is 22.8. The summed E-state index contributed by atoms with van der Waals surface area (Å²) in [6, 6.07) is 14.8. The summed E-state index contributed by atoms with van der Waals surface area (Å²) in [6.07, 6.45) is 3.45. The first-order valence-electron chi connectivity index (χ1n) is 10.6. The van der Waals surface area contributed by atoms with Gasteiger partial charge in [0.05, 0.1) is 35.4 Å². The number of carbonyl (C=O) groups excluding carboxylic acids is 1. The number of ether oxygens (including phenoxy) is 2. The van der Waals surface area contributed by atoms with Crippen LogP contribution in [-0.2, 0) is 13.0 Å². The van der Waals surface area contributed by atoms with Crippen LogP contribution in [0.2, 0.25) is 0 Å². The first kappa shape index (κ1) is 25.6. The Morgan fingerprint density at radius 1 is 1.28 bits per heavy atom. The van der Waals surface area contributed by atoms with Crippen molar-refractivity contribution in [2.24, 2.45) is 5.10 Å². The Hall–Kier alpha value is -5.04. The van der Waals surface area contributed by atoms with Crippen LogP contribution in [0, 0.1) is 27.3 Å². The number of hydrazone groups is 1. The summed E-state index contributed by atoms with van der Waals surface area (Å²) in [5.74, 6) is -0.791. The molecular weight excluding hydrogens is 467 g/mol. The van der Waals surface area contributed by atoms with E-state index in [4.69, 9.17) is 14.7 Å². The molecule has 36 heavy (non-hydrogen) atoms. The van der Waals surface area contributed by atoms with Crippen molar-refractivity contribution >= 4 is 17.8 Å². The highest BCUT2D eigenvalue weighted by molar-refractivity contribution is 5.95. The minimum Gasteiger partial charge on any atom is -0.493 e. The maximum Gasteiger partial charge on any atom is 0.274 e. The second-order valence-corrected chi connectivity index (χ2v) is 7.43. The molecule has 0 aromatic heterocycles. The van der Waals surface area contributed by atoms with Crippen LogP contribution < -0.4 is 14.9 Å². The second kappa shape index (κ2) is 11.9. The molecule has 0 saturated carbocycles. The standard InChI is InChI=1S/C26H21FN4O5/c1-3-5-20-10-19(15-29-30-26(32)22-9-8-17(14-28)12-23(22)27)13-24(35-2)25(20)36-16-18-6-4-7-21(11-18)31(33)34/h3-4,6-13,15H,1,5,16H2,2H3,(H,30,32)/b29-15-. The van der Waals surface area contributed by atoms with Crippen LogP contribution >= 0.6 is 0 Å². The molecule has 3 rings (SSSR count). The molecule has 0 atom stereocenters. The number of nitriles is 1. The third-order valence-electron chi connectivity index (χ3n) is 4.97. The number of hydrogen-bond donors (Lipinski definition) is 1. The number of nitro groups is 1. The Morgan fingerprint density at radius 3 is 2.75 bits per heavy atom. The minimum absolute atomic E-state index is 0.0381. The van der Waals surface area contributed by atoms with Crippen molar-refractivity contribution in [1.82, 2.24) is 5.43 Å². The lowest BCUT2D eigenvalue weighted by atomic mass is 10.1. The normalized spacial score (nSPS) is 10.5. The van der Waals surface area contributed by atoms with E-state index >= 15 is 0 Å². The van der Waals surface area contributed by atoms with Gasteiger partial charge in [-0.2, -0.15) is 10.4 Å². The number of allylic oxidation sites excluding steroid dienone is 1. The van der Waals surface area contributed by atoms with Crippen molar-refractivity contribution in [1.29, 1.82) is 5.26 Å². The first-order valence-corrected chi connectivity index (χ1v) is 10.6. The molecule has 3 aromatic rings. The molecule has 0 aliphatic carbocycles. The molecule has 0 aliphatic heterocycles. The number of rotatable bonds is 10. The van der Waals surface area contributed by atoms with Crippen LogP contribution in [0.25, 0.3) is 0 Å². The van der Waals surface area contributed by atoms with E-state index in [0.29, 0.717) is 34.6 Å². The van der Waals surface area contributed by atoms with E-state index in [9.17, 15) is 19.3 Å². The molecule has 1 amide bonds. The molecule has 0 fully saturated rings. The first-order chi connectivity index (χ1) is 17.4. The molecule has 10 heteroatoms. The van der Waals surface area contributed by atoms with Gasteiger partial charge in [0.25, 0.3) is 11.6 Å². The van der Waals surface area contributed by atoms with Gasteiger partial charge in [-0.1, -0.05) is 18.2 Å². The quantitative estimate of drug-likeness (QED) is 0.191. The van der Waals surface area contributed by atoms with E-state index in [2.05, 4.69) is 17.1 Å². The van der Waals surface area contributed by atoms with Gasteiger partial charge >= 0.3 is 0 Å². The number of nitro benzene ring substituents is 1. The lowest BCUT2D eigenvalue weighted by molar-refractivity contribution is -0.384. The molecule has 0 spiro atoms. The number of carbonyl (C=O) groups is 1. The predicted molar refractivity (Wildman–Crippen MR) is 130 cm³/mol. The zero-order valence-corrected chi connectivity index (χ0v) is 19.2. The summed E-state index contributed by atoms with van der Waals surface area (Å²) in [5.41, 5.74) is 3.94. The SMILES string of the molecule is C=CCc1cc(/C=N\NC(=O)c2ccc(C#N)cc2F)cc(OC)c1OCc1cccc([N+](=O)[O-])c1. The van der Waals surface area contributed by atoms with Crippen molar-refractivity contribution in [3.63, 3.8) is 0 Å². The van der Waals surface area contributed by atoms with Gasteiger partial charge in [0, 0.05) is 17.7 Å². The lowest BCUT2D eigenvalue weighted by Gasteiger charge is -2.16. The number of hydrogen-bond acceptors (Lipinski definition) is 7. The van der Waals surface area contributed by atoms with Gasteiger partial charge in [-0.05, 0) is 47.9 Å². The molecule has 1 N–H and O–H groups in total. The van der Waals surface area contributed by atoms with Crippen molar-refractivity contribution < 1.29 is 23.6 Å². The van der Waals surface area contributed by atoms with Crippen LogP contribution in [0.3, 0.4) is 0 Å². The fourth-order valence-electron chi connectivity index (χ4n) is 3.29. The van der Waals surface area contributed by atoms with Gasteiger partial charge in [0.1, 0.15) is 12.4 Å². The van der Waals surface area contributed by atoms with E-state index in [0.717, 1.165) is 6.07 Å². The average molecular weight is 488 g/mol. The topological polar surface area (TPSA) is 127 Å². The Labute approximate surface area is 206 Å². The molecule has 0 radical (unpaired) electrons. The summed E-state index contributed by atoms with van der Waals surface area (Å²) < 4.78 is 25.4. The van der Waals surface area contributed by atoms with Gasteiger partial charge in [-0.3, -0.25) is 14.9 Å². The highest BCUT2D eigenvalue weighted by Gasteiger charge is 2.15.